The van der Waals surface area contributed by atoms with Crippen molar-refractivity contribution < 1.29 is 13.3 Å². The molecule has 2 atom stereocenters. The number of nitro groups is 1. The Morgan fingerprint density at radius 1 is 1.33 bits per heavy atom. The SMILES string of the molecule is O=[N+]([O-])c1cccc(S(=O)(=O)N2CCC3NCCC3C2)c1. The number of hydrogen-bond acceptors (Lipinski definition) is 5. The number of fused-ring (bicyclic) bond motifs is 1. The van der Waals surface area contributed by atoms with Gasteiger partial charge in [-0.3, -0.25) is 10.1 Å². The van der Waals surface area contributed by atoms with E-state index in [4.69, 9.17) is 0 Å². The number of sulfonamides is 1. The average Bonchev–Trinajstić information content (AvgIpc) is 2.94. The maximum atomic E-state index is 12.6. The van der Waals surface area contributed by atoms with Crippen molar-refractivity contribution in [3.05, 3.63) is 34.4 Å². The minimum absolute atomic E-state index is 0.00102. The number of piperidine rings is 1. The van der Waals surface area contributed by atoms with Crippen LogP contribution in [0.3, 0.4) is 0 Å². The molecule has 2 unspecified atom stereocenters. The molecule has 114 valence electrons. The molecule has 1 aromatic carbocycles. The Bertz CT molecular complexity index is 661. The van der Waals surface area contributed by atoms with Crippen LogP contribution in [0.4, 0.5) is 5.69 Å². The first-order valence-corrected chi connectivity index (χ1v) is 8.40. The van der Waals surface area contributed by atoms with Gasteiger partial charge in [-0.1, -0.05) is 6.07 Å². The van der Waals surface area contributed by atoms with E-state index in [-0.39, 0.29) is 10.6 Å². The summed E-state index contributed by atoms with van der Waals surface area (Å²) in [5, 5.41) is 14.2. The van der Waals surface area contributed by atoms with Crippen LogP contribution in [-0.2, 0) is 10.0 Å². The summed E-state index contributed by atoms with van der Waals surface area (Å²) in [5.41, 5.74) is -0.200. The number of nitro benzene ring substituents is 1. The van der Waals surface area contributed by atoms with Crippen molar-refractivity contribution in [1.29, 1.82) is 0 Å². The van der Waals surface area contributed by atoms with Crippen molar-refractivity contribution in [3.63, 3.8) is 0 Å². The molecule has 21 heavy (non-hydrogen) atoms. The lowest BCUT2D eigenvalue weighted by molar-refractivity contribution is -0.385. The molecule has 3 rings (SSSR count). The molecule has 0 spiro atoms. The fraction of sp³-hybridized carbons (Fsp3) is 0.538. The Kier molecular flexibility index (Phi) is 3.68. The van der Waals surface area contributed by atoms with Gasteiger partial charge in [0, 0.05) is 31.3 Å². The summed E-state index contributed by atoms with van der Waals surface area (Å²) in [4.78, 5) is 10.2. The Morgan fingerprint density at radius 2 is 2.14 bits per heavy atom. The van der Waals surface area contributed by atoms with E-state index in [1.54, 1.807) is 0 Å². The van der Waals surface area contributed by atoms with Crippen LogP contribution in [0.25, 0.3) is 0 Å². The molecule has 7 nitrogen and oxygen atoms in total. The Balaban J connectivity index is 1.86. The first kappa shape index (κ1) is 14.4. The monoisotopic (exact) mass is 311 g/mol. The summed E-state index contributed by atoms with van der Waals surface area (Å²) in [6, 6.07) is 5.66. The second-order valence-electron chi connectivity index (χ2n) is 5.52. The number of non-ortho nitro benzene ring substituents is 1. The van der Waals surface area contributed by atoms with Gasteiger partial charge in [-0.15, -0.1) is 0 Å². The molecule has 0 bridgehead atoms. The zero-order valence-corrected chi connectivity index (χ0v) is 12.3. The van der Waals surface area contributed by atoms with Crippen LogP contribution in [0.15, 0.2) is 29.2 Å². The molecule has 0 amide bonds. The third-order valence-corrected chi connectivity index (χ3v) is 6.15. The second-order valence-corrected chi connectivity index (χ2v) is 7.45. The van der Waals surface area contributed by atoms with E-state index in [1.807, 2.05) is 0 Å². The van der Waals surface area contributed by atoms with Gasteiger partial charge >= 0.3 is 0 Å². The summed E-state index contributed by atoms with van der Waals surface area (Å²) in [6.07, 6.45) is 1.77. The highest BCUT2D eigenvalue weighted by Crippen LogP contribution is 2.29. The lowest BCUT2D eigenvalue weighted by atomic mass is 9.95. The smallest absolute Gasteiger partial charge is 0.270 e. The number of hydrogen-bond donors (Lipinski definition) is 1. The second kappa shape index (κ2) is 5.36. The minimum Gasteiger partial charge on any atom is -0.314 e. The molecule has 0 saturated carbocycles. The van der Waals surface area contributed by atoms with Gasteiger partial charge in [-0.2, -0.15) is 4.31 Å². The molecule has 2 fully saturated rings. The van der Waals surface area contributed by atoms with Crippen LogP contribution >= 0.6 is 0 Å². The number of nitrogens with zero attached hydrogens (tertiary/aromatic N) is 2. The van der Waals surface area contributed by atoms with E-state index in [1.165, 1.54) is 22.5 Å². The zero-order valence-electron chi connectivity index (χ0n) is 11.4. The Hall–Kier alpha value is -1.51. The molecular weight excluding hydrogens is 294 g/mol. The van der Waals surface area contributed by atoms with Gasteiger partial charge < -0.3 is 5.32 Å². The zero-order chi connectivity index (χ0) is 15.0. The van der Waals surface area contributed by atoms with Crippen molar-refractivity contribution >= 4 is 15.7 Å². The van der Waals surface area contributed by atoms with Gasteiger partial charge in [0.2, 0.25) is 10.0 Å². The topological polar surface area (TPSA) is 92.5 Å². The highest BCUT2D eigenvalue weighted by molar-refractivity contribution is 7.89. The van der Waals surface area contributed by atoms with Gasteiger partial charge in [0.05, 0.1) is 9.82 Å². The van der Waals surface area contributed by atoms with E-state index < -0.39 is 14.9 Å². The lowest BCUT2D eigenvalue weighted by Crippen LogP contribution is -2.46. The van der Waals surface area contributed by atoms with Crippen LogP contribution in [0, 0.1) is 16.0 Å². The predicted octanol–water partition coefficient (Wildman–Crippen LogP) is 0.967. The van der Waals surface area contributed by atoms with E-state index in [0.717, 1.165) is 25.5 Å². The van der Waals surface area contributed by atoms with Crippen LogP contribution < -0.4 is 5.32 Å². The van der Waals surface area contributed by atoms with Crippen molar-refractivity contribution in [1.82, 2.24) is 9.62 Å². The quantitative estimate of drug-likeness (QED) is 0.663. The number of rotatable bonds is 3. The molecule has 8 heteroatoms. The standard InChI is InChI=1S/C13H17N3O4S/c17-16(18)11-2-1-3-12(8-11)21(19,20)15-7-5-13-10(9-15)4-6-14-13/h1-3,8,10,13-14H,4-7,9H2. The molecular formula is C13H17N3O4S. The third kappa shape index (κ3) is 2.66. The fourth-order valence-electron chi connectivity index (χ4n) is 3.14. The number of benzene rings is 1. The first-order valence-electron chi connectivity index (χ1n) is 6.96. The highest BCUT2D eigenvalue weighted by atomic mass is 32.2. The third-order valence-electron chi connectivity index (χ3n) is 4.28. The molecule has 0 aromatic heterocycles. The summed E-state index contributed by atoms with van der Waals surface area (Å²) in [6.45, 7) is 1.88. The largest absolute Gasteiger partial charge is 0.314 e. The maximum Gasteiger partial charge on any atom is 0.270 e. The van der Waals surface area contributed by atoms with Gasteiger partial charge in [0.15, 0.2) is 0 Å². The van der Waals surface area contributed by atoms with Gasteiger partial charge in [-0.25, -0.2) is 8.42 Å². The highest BCUT2D eigenvalue weighted by Gasteiger charge is 2.37. The van der Waals surface area contributed by atoms with E-state index >= 15 is 0 Å². The van der Waals surface area contributed by atoms with Crippen molar-refractivity contribution in [2.75, 3.05) is 19.6 Å². The van der Waals surface area contributed by atoms with E-state index in [9.17, 15) is 18.5 Å². The molecule has 2 aliphatic heterocycles. The van der Waals surface area contributed by atoms with Gasteiger partial charge in [-0.05, 0) is 31.4 Å². The Labute approximate surface area is 123 Å². The number of nitrogens with one attached hydrogen (secondary N) is 1. The van der Waals surface area contributed by atoms with Crippen molar-refractivity contribution in [2.24, 2.45) is 5.92 Å². The van der Waals surface area contributed by atoms with E-state index in [2.05, 4.69) is 5.32 Å². The summed E-state index contributed by atoms with van der Waals surface area (Å²) in [5.74, 6) is 0.340. The van der Waals surface area contributed by atoms with Crippen LogP contribution in [0.2, 0.25) is 0 Å². The molecule has 2 heterocycles. The predicted molar refractivity (Wildman–Crippen MR) is 76.4 cm³/mol. The minimum atomic E-state index is -3.66. The van der Waals surface area contributed by atoms with Gasteiger partial charge in [0.1, 0.15) is 0 Å². The molecule has 1 aromatic rings. The summed E-state index contributed by atoms with van der Waals surface area (Å²) < 4.78 is 26.7. The van der Waals surface area contributed by atoms with Crippen molar-refractivity contribution in [3.8, 4) is 0 Å². The molecule has 0 aliphatic carbocycles. The van der Waals surface area contributed by atoms with E-state index in [0.29, 0.717) is 25.0 Å². The molecule has 2 aliphatic rings. The average molecular weight is 311 g/mol. The molecule has 2 saturated heterocycles. The molecule has 0 radical (unpaired) electrons. The maximum absolute atomic E-state index is 12.6. The normalized spacial score (nSPS) is 26.5. The van der Waals surface area contributed by atoms with Gasteiger partial charge in [0.25, 0.3) is 5.69 Å². The summed E-state index contributed by atoms with van der Waals surface area (Å²) in [7, 11) is -3.66. The van der Waals surface area contributed by atoms with Crippen LogP contribution in [0.1, 0.15) is 12.8 Å². The van der Waals surface area contributed by atoms with Crippen LogP contribution in [0.5, 0.6) is 0 Å². The lowest BCUT2D eigenvalue weighted by Gasteiger charge is -2.33. The van der Waals surface area contributed by atoms with Crippen molar-refractivity contribution in [2.45, 2.75) is 23.8 Å². The fourth-order valence-corrected chi connectivity index (χ4v) is 4.69. The first-order chi connectivity index (χ1) is 9.98. The summed E-state index contributed by atoms with van der Waals surface area (Å²) >= 11 is 0. The van der Waals surface area contributed by atoms with Crippen LogP contribution in [-0.4, -0.2) is 43.3 Å². The molecule has 1 N–H and O–H groups in total. The Morgan fingerprint density at radius 3 is 2.90 bits per heavy atom.